The van der Waals surface area contributed by atoms with Crippen LogP contribution in [-0.2, 0) is 10.0 Å². The molecule has 0 N–H and O–H groups in total. The summed E-state index contributed by atoms with van der Waals surface area (Å²) >= 11 is 6.43. The first-order valence-corrected chi connectivity index (χ1v) is 10.0. The van der Waals surface area contributed by atoms with E-state index in [9.17, 15) is 18.5 Å². The molecule has 1 saturated heterocycles. The Labute approximate surface area is 147 Å². The number of benzene rings is 1. The number of alkyl halides is 1. The van der Waals surface area contributed by atoms with Crippen molar-refractivity contribution < 1.29 is 13.3 Å². The minimum atomic E-state index is -3.67. The molecule has 6 nitrogen and oxygen atoms in total. The van der Waals surface area contributed by atoms with Gasteiger partial charge in [-0.05, 0) is 31.9 Å². The molecule has 3 rings (SSSR count). The van der Waals surface area contributed by atoms with Crippen LogP contribution in [0, 0.1) is 28.9 Å². The fourth-order valence-electron chi connectivity index (χ4n) is 4.07. The number of aryl methyl sites for hydroxylation is 1. The maximum absolute atomic E-state index is 13.1. The minimum Gasteiger partial charge on any atom is -0.265 e. The van der Waals surface area contributed by atoms with E-state index in [4.69, 9.17) is 11.6 Å². The Morgan fingerprint density at radius 1 is 1.29 bits per heavy atom. The second kappa shape index (κ2) is 6.61. The monoisotopic (exact) mass is 372 g/mol. The summed E-state index contributed by atoms with van der Waals surface area (Å²) in [6.07, 6.45) is 2.35. The molecule has 1 aromatic carbocycles. The standard InChI is InChI=1S/C16H21ClN2O4S/c1-11-5-7-13(8-6-11)24(22,23)18-9-12(10-19(20)21)16-14(17)3-2-4-15(16)18/h5-8,12,14-16H,2-4,9-10H2,1H3/t12?,14-,15+,16-/m0/s1. The van der Waals surface area contributed by atoms with Crippen LogP contribution in [0.2, 0.25) is 0 Å². The van der Waals surface area contributed by atoms with Crippen LogP contribution in [0.4, 0.5) is 0 Å². The average Bonchev–Trinajstić information content (AvgIpc) is 2.88. The Morgan fingerprint density at radius 2 is 1.96 bits per heavy atom. The number of nitrogens with zero attached hydrogens (tertiary/aromatic N) is 2. The second-order valence-electron chi connectivity index (χ2n) is 6.75. The van der Waals surface area contributed by atoms with E-state index in [1.54, 1.807) is 24.3 Å². The smallest absolute Gasteiger partial charge is 0.243 e. The highest BCUT2D eigenvalue weighted by atomic mass is 35.5. The van der Waals surface area contributed by atoms with Crippen LogP contribution < -0.4 is 0 Å². The molecule has 2 aliphatic rings. The first-order chi connectivity index (χ1) is 11.3. The van der Waals surface area contributed by atoms with E-state index in [0.29, 0.717) is 6.42 Å². The SMILES string of the molecule is Cc1ccc(S(=O)(=O)N2CC(C[N+](=O)[O-])[C@@H]3[C@H]2CCC[C@@H]3Cl)cc1. The van der Waals surface area contributed by atoms with Crippen LogP contribution >= 0.6 is 11.6 Å². The highest BCUT2D eigenvalue weighted by molar-refractivity contribution is 7.89. The molecule has 1 aliphatic carbocycles. The lowest BCUT2D eigenvalue weighted by Crippen LogP contribution is -2.42. The van der Waals surface area contributed by atoms with Gasteiger partial charge in [0.15, 0.2) is 0 Å². The molecule has 0 amide bonds. The van der Waals surface area contributed by atoms with Crippen LogP contribution in [0.5, 0.6) is 0 Å². The van der Waals surface area contributed by atoms with Gasteiger partial charge in [0, 0.05) is 34.7 Å². The minimum absolute atomic E-state index is 0.147. The Balaban J connectivity index is 1.94. The maximum atomic E-state index is 13.1. The van der Waals surface area contributed by atoms with E-state index in [1.165, 1.54) is 4.31 Å². The van der Waals surface area contributed by atoms with Crippen molar-refractivity contribution in [3.8, 4) is 0 Å². The van der Waals surface area contributed by atoms with Crippen LogP contribution in [0.3, 0.4) is 0 Å². The van der Waals surface area contributed by atoms with Gasteiger partial charge in [0.1, 0.15) is 0 Å². The Kier molecular flexibility index (Phi) is 4.86. The number of sulfonamides is 1. The van der Waals surface area contributed by atoms with E-state index in [2.05, 4.69) is 0 Å². The molecule has 1 aliphatic heterocycles. The lowest BCUT2D eigenvalue weighted by molar-refractivity contribution is -0.489. The molecule has 0 spiro atoms. The molecule has 8 heteroatoms. The third kappa shape index (κ3) is 3.17. The molecule has 0 bridgehead atoms. The maximum Gasteiger partial charge on any atom is 0.243 e. The van der Waals surface area contributed by atoms with Crippen molar-refractivity contribution in [3.63, 3.8) is 0 Å². The van der Waals surface area contributed by atoms with Crippen molar-refractivity contribution >= 4 is 21.6 Å². The lowest BCUT2D eigenvalue weighted by Gasteiger charge is -2.34. The Bertz CT molecular complexity index is 722. The van der Waals surface area contributed by atoms with Gasteiger partial charge in [0.2, 0.25) is 16.6 Å². The van der Waals surface area contributed by atoms with Crippen LogP contribution in [0.25, 0.3) is 0 Å². The Hall–Kier alpha value is -1.18. The Morgan fingerprint density at radius 3 is 2.58 bits per heavy atom. The zero-order chi connectivity index (χ0) is 17.5. The molecule has 0 aromatic heterocycles. The summed E-state index contributed by atoms with van der Waals surface area (Å²) in [4.78, 5) is 10.9. The summed E-state index contributed by atoms with van der Waals surface area (Å²) in [5, 5.41) is 10.8. The van der Waals surface area contributed by atoms with Crippen LogP contribution in [0.15, 0.2) is 29.2 Å². The number of nitro groups is 1. The van der Waals surface area contributed by atoms with Gasteiger partial charge in [-0.2, -0.15) is 4.31 Å². The molecule has 24 heavy (non-hydrogen) atoms. The highest BCUT2D eigenvalue weighted by Gasteiger charge is 2.52. The first kappa shape index (κ1) is 17.6. The number of hydrogen-bond donors (Lipinski definition) is 0. The van der Waals surface area contributed by atoms with Gasteiger partial charge < -0.3 is 0 Å². The van der Waals surface area contributed by atoms with Gasteiger partial charge in [-0.1, -0.05) is 24.1 Å². The summed E-state index contributed by atoms with van der Waals surface area (Å²) in [6, 6.07) is 6.49. The van der Waals surface area contributed by atoms with Crippen molar-refractivity contribution in [2.45, 2.75) is 42.5 Å². The summed E-state index contributed by atoms with van der Waals surface area (Å²) < 4.78 is 27.6. The zero-order valence-electron chi connectivity index (χ0n) is 13.5. The summed E-state index contributed by atoms with van der Waals surface area (Å²) in [5.74, 6) is -0.473. The van der Waals surface area contributed by atoms with Crippen LogP contribution in [-0.4, -0.2) is 42.2 Å². The molecule has 4 atom stereocenters. The third-order valence-corrected chi connectivity index (χ3v) is 7.60. The molecular formula is C16H21ClN2O4S. The molecule has 1 aromatic rings. The fourth-order valence-corrected chi connectivity index (χ4v) is 6.34. The van der Waals surface area contributed by atoms with Crippen molar-refractivity contribution in [2.75, 3.05) is 13.1 Å². The zero-order valence-corrected chi connectivity index (χ0v) is 15.0. The second-order valence-corrected chi connectivity index (χ2v) is 9.21. The van der Waals surface area contributed by atoms with Gasteiger partial charge in [-0.3, -0.25) is 10.1 Å². The van der Waals surface area contributed by atoms with E-state index in [1.807, 2.05) is 6.92 Å². The first-order valence-electron chi connectivity index (χ1n) is 8.15. The average molecular weight is 373 g/mol. The van der Waals surface area contributed by atoms with E-state index in [-0.39, 0.29) is 46.2 Å². The fraction of sp³-hybridized carbons (Fsp3) is 0.625. The van der Waals surface area contributed by atoms with Crippen molar-refractivity contribution in [2.24, 2.45) is 11.8 Å². The molecular weight excluding hydrogens is 352 g/mol. The van der Waals surface area contributed by atoms with Gasteiger partial charge in [0.05, 0.1) is 4.90 Å². The van der Waals surface area contributed by atoms with Gasteiger partial charge in [-0.25, -0.2) is 8.42 Å². The number of fused-ring (bicyclic) bond motifs is 1. The van der Waals surface area contributed by atoms with E-state index >= 15 is 0 Å². The van der Waals surface area contributed by atoms with Crippen molar-refractivity contribution in [3.05, 3.63) is 39.9 Å². The van der Waals surface area contributed by atoms with E-state index < -0.39 is 10.0 Å². The highest BCUT2D eigenvalue weighted by Crippen LogP contribution is 2.44. The molecule has 1 unspecified atom stereocenters. The molecule has 1 heterocycles. The van der Waals surface area contributed by atoms with Crippen molar-refractivity contribution in [1.82, 2.24) is 4.31 Å². The summed E-state index contributed by atoms with van der Waals surface area (Å²) in [5.41, 5.74) is 0.984. The third-order valence-electron chi connectivity index (χ3n) is 5.18. The predicted molar refractivity (Wildman–Crippen MR) is 91.2 cm³/mol. The molecule has 0 radical (unpaired) electrons. The van der Waals surface area contributed by atoms with Gasteiger partial charge >= 0.3 is 0 Å². The largest absolute Gasteiger partial charge is 0.265 e. The quantitative estimate of drug-likeness (QED) is 0.462. The van der Waals surface area contributed by atoms with Crippen molar-refractivity contribution in [1.29, 1.82) is 0 Å². The predicted octanol–water partition coefficient (Wildman–Crippen LogP) is 2.67. The number of rotatable bonds is 4. The summed E-state index contributed by atoms with van der Waals surface area (Å²) in [7, 11) is -3.67. The normalized spacial score (nSPS) is 30.9. The summed E-state index contributed by atoms with van der Waals surface area (Å²) in [6.45, 7) is 1.84. The molecule has 2 fully saturated rings. The topological polar surface area (TPSA) is 80.5 Å². The van der Waals surface area contributed by atoms with Gasteiger partial charge in [0.25, 0.3) is 0 Å². The lowest BCUT2D eigenvalue weighted by atomic mass is 9.79. The van der Waals surface area contributed by atoms with Crippen LogP contribution in [0.1, 0.15) is 24.8 Å². The van der Waals surface area contributed by atoms with E-state index in [0.717, 1.165) is 18.4 Å². The molecule has 1 saturated carbocycles. The number of halogens is 1. The molecule has 132 valence electrons. The number of hydrogen-bond acceptors (Lipinski definition) is 4. The van der Waals surface area contributed by atoms with Gasteiger partial charge in [-0.15, -0.1) is 11.6 Å².